The van der Waals surface area contributed by atoms with Crippen molar-refractivity contribution >= 4 is 11.0 Å². The summed E-state index contributed by atoms with van der Waals surface area (Å²) in [5.74, 6) is 1.16. The molecule has 4 nitrogen and oxygen atoms in total. The number of pyridine rings is 1. The van der Waals surface area contributed by atoms with Crippen LogP contribution in [0.2, 0.25) is 0 Å². The molecule has 0 amide bonds. The Morgan fingerprint density at radius 2 is 2.05 bits per heavy atom. The normalized spacial score (nSPS) is 12.5. The van der Waals surface area contributed by atoms with E-state index in [0.717, 1.165) is 30.7 Å². The molecule has 0 fully saturated rings. The van der Waals surface area contributed by atoms with Crippen LogP contribution >= 0.6 is 0 Å². The van der Waals surface area contributed by atoms with Gasteiger partial charge in [0.15, 0.2) is 0 Å². The van der Waals surface area contributed by atoms with E-state index in [9.17, 15) is 0 Å². The molecule has 0 aliphatic heterocycles. The Bertz CT molecular complexity index is 563. The van der Waals surface area contributed by atoms with Crippen molar-refractivity contribution in [1.82, 2.24) is 19.9 Å². The van der Waals surface area contributed by atoms with Crippen molar-refractivity contribution in [3.05, 3.63) is 24.3 Å². The third-order valence-corrected chi connectivity index (χ3v) is 3.33. The van der Waals surface area contributed by atoms with Crippen LogP contribution in [0.3, 0.4) is 0 Å². The lowest BCUT2D eigenvalue weighted by Crippen LogP contribution is -2.26. The highest BCUT2D eigenvalue weighted by atomic mass is 15.1. The standard InChI is InChI=1S/C16H26N4/c1-12(2)18-9-6-7-15-19-13-11-17-10-8-14(13)20(15)16(3,4)5/h8,10-12,18H,6-7,9H2,1-5H3. The molecule has 0 spiro atoms. The first-order valence-electron chi connectivity index (χ1n) is 7.45. The molecule has 4 heteroatoms. The quantitative estimate of drug-likeness (QED) is 0.852. The number of aromatic nitrogens is 3. The molecule has 2 aromatic heterocycles. The number of rotatable bonds is 5. The molecular weight excluding hydrogens is 248 g/mol. The van der Waals surface area contributed by atoms with Crippen LogP contribution in [0.15, 0.2) is 18.5 Å². The van der Waals surface area contributed by atoms with Gasteiger partial charge in [-0.25, -0.2) is 4.98 Å². The first-order chi connectivity index (χ1) is 9.39. The molecule has 0 aliphatic rings. The Hall–Kier alpha value is -1.42. The fourth-order valence-corrected chi connectivity index (χ4v) is 2.54. The van der Waals surface area contributed by atoms with Crippen LogP contribution in [0.25, 0.3) is 11.0 Å². The summed E-state index contributed by atoms with van der Waals surface area (Å²) in [4.78, 5) is 8.95. The molecule has 0 aromatic carbocycles. The molecule has 0 saturated carbocycles. The molecule has 20 heavy (non-hydrogen) atoms. The Morgan fingerprint density at radius 1 is 1.30 bits per heavy atom. The van der Waals surface area contributed by atoms with Gasteiger partial charge in [-0.15, -0.1) is 0 Å². The molecule has 0 saturated heterocycles. The van der Waals surface area contributed by atoms with E-state index in [4.69, 9.17) is 4.98 Å². The number of fused-ring (bicyclic) bond motifs is 1. The average molecular weight is 274 g/mol. The number of imidazole rings is 1. The molecule has 2 rings (SSSR count). The molecular formula is C16H26N4. The molecule has 0 radical (unpaired) electrons. The van der Waals surface area contributed by atoms with Gasteiger partial charge in [-0.3, -0.25) is 4.98 Å². The number of nitrogens with zero attached hydrogens (tertiary/aromatic N) is 3. The fourth-order valence-electron chi connectivity index (χ4n) is 2.54. The van der Waals surface area contributed by atoms with Gasteiger partial charge in [0.25, 0.3) is 0 Å². The Balaban J connectivity index is 2.23. The van der Waals surface area contributed by atoms with E-state index >= 15 is 0 Å². The zero-order valence-electron chi connectivity index (χ0n) is 13.3. The Morgan fingerprint density at radius 3 is 2.70 bits per heavy atom. The van der Waals surface area contributed by atoms with E-state index in [2.05, 4.69) is 55.6 Å². The third-order valence-electron chi connectivity index (χ3n) is 3.33. The highest BCUT2D eigenvalue weighted by Gasteiger charge is 2.20. The second-order valence-electron chi connectivity index (χ2n) is 6.61. The van der Waals surface area contributed by atoms with Gasteiger partial charge in [0.1, 0.15) is 11.3 Å². The van der Waals surface area contributed by atoms with Gasteiger partial charge in [-0.1, -0.05) is 13.8 Å². The zero-order chi connectivity index (χ0) is 14.8. The van der Waals surface area contributed by atoms with Crippen LogP contribution < -0.4 is 5.32 Å². The average Bonchev–Trinajstić information content (AvgIpc) is 2.72. The predicted molar refractivity (Wildman–Crippen MR) is 84.0 cm³/mol. The summed E-state index contributed by atoms with van der Waals surface area (Å²) in [5.41, 5.74) is 2.21. The first-order valence-corrected chi connectivity index (χ1v) is 7.45. The minimum absolute atomic E-state index is 0.0386. The van der Waals surface area contributed by atoms with Crippen molar-refractivity contribution in [3.8, 4) is 0 Å². The smallest absolute Gasteiger partial charge is 0.110 e. The summed E-state index contributed by atoms with van der Waals surface area (Å²) in [5, 5.41) is 3.46. The minimum atomic E-state index is 0.0386. The highest BCUT2D eigenvalue weighted by molar-refractivity contribution is 5.75. The van der Waals surface area contributed by atoms with Gasteiger partial charge >= 0.3 is 0 Å². The largest absolute Gasteiger partial charge is 0.323 e. The van der Waals surface area contributed by atoms with Gasteiger partial charge < -0.3 is 9.88 Å². The van der Waals surface area contributed by atoms with Crippen molar-refractivity contribution < 1.29 is 0 Å². The lowest BCUT2D eigenvalue weighted by atomic mass is 10.1. The topological polar surface area (TPSA) is 42.7 Å². The van der Waals surface area contributed by atoms with Crippen molar-refractivity contribution in [2.45, 2.75) is 59.0 Å². The van der Waals surface area contributed by atoms with Crippen LogP contribution in [0.1, 0.15) is 46.9 Å². The lowest BCUT2D eigenvalue weighted by molar-refractivity contribution is 0.391. The van der Waals surface area contributed by atoms with E-state index in [1.54, 1.807) is 0 Å². The number of nitrogens with one attached hydrogen (secondary N) is 1. The molecule has 0 atom stereocenters. The van der Waals surface area contributed by atoms with Crippen LogP contribution in [0, 0.1) is 0 Å². The molecule has 1 N–H and O–H groups in total. The Labute approximate surface area is 121 Å². The summed E-state index contributed by atoms with van der Waals surface area (Å²) in [7, 11) is 0. The minimum Gasteiger partial charge on any atom is -0.323 e. The molecule has 0 aliphatic carbocycles. The summed E-state index contributed by atoms with van der Waals surface area (Å²) in [6, 6.07) is 2.60. The molecule has 110 valence electrons. The first kappa shape index (κ1) is 15.0. The molecule has 2 heterocycles. The van der Waals surface area contributed by atoms with Gasteiger partial charge in [0.05, 0.1) is 11.7 Å². The molecule has 0 bridgehead atoms. The maximum absolute atomic E-state index is 4.77. The van der Waals surface area contributed by atoms with Crippen molar-refractivity contribution in [2.24, 2.45) is 0 Å². The maximum Gasteiger partial charge on any atom is 0.110 e. The van der Waals surface area contributed by atoms with E-state index in [1.165, 1.54) is 5.52 Å². The molecule has 0 unspecified atom stereocenters. The van der Waals surface area contributed by atoms with Gasteiger partial charge in [-0.2, -0.15) is 0 Å². The fraction of sp³-hybridized carbons (Fsp3) is 0.625. The number of aryl methyl sites for hydroxylation is 1. The monoisotopic (exact) mass is 274 g/mol. The second-order valence-corrected chi connectivity index (χ2v) is 6.61. The van der Waals surface area contributed by atoms with E-state index in [-0.39, 0.29) is 5.54 Å². The van der Waals surface area contributed by atoms with Crippen LogP contribution in [-0.2, 0) is 12.0 Å². The van der Waals surface area contributed by atoms with E-state index in [0.29, 0.717) is 6.04 Å². The molecule has 2 aromatic rings. The second kappa shape index (κ2) is 5.92. The van der Waals surface area contributed by atoms with E-state index < -0.39 is 0 Å². The van der Waals surface area contributed by atoms with Crippen molar-refractivity contribution in [1.29, 1.82) is 0 Å². The van der Waals surface area contributed by atoms with Crippen molar-refractivity contribution in [3.63, 3.8) is 0 Å². The third kappa shape index (κ3) is 3.37. The number of hydrogen-bond acceptors (Lipinski definition) is 3. The van der Waals surface area contributed by atoms with Gasteiger partial charge in [0.2, 0.25) is 0 Å². The summed E-state index contributed by atoms with van der Waals surface area (Å²) >= 11 is 0. The summed E-state index contributed by atoms with van der Waals surface area (Å²) in [6.07, 6.45) is 5.79. The van der Waals surface area contributed by atoms with E-state index in [1.807, 2.05) is 12.4 Å². The Kier molecular flexibility index (Phi) is 4.43. The SMILES string of the molecule is CC(C)NCCCc1nc2cnccc2n1C(C)(C)C. The highest BCUT2D eigenvalue weighted by Crippen LogP contribution is 2.25. The number of hydrogen-bond donors (Lipinski definition) is 1. The maximum atomic E-state index is 4.77. The zero-order valence-corrected chi connectivity index (χ0v) is 13.3. The van der Waals surface area contributed by atoms with Crippen LogP contribution in [-0.4, -0.2) is 27.1 Å². The summed E-state index contributed by atoms with van der Waals surface area (Å²) < 4.78 is 2.35. The predicted octanol–water partition coefficient (Wildman–Crippen LogP) is 3.12. The van der Waals surface area contributed by atoms with Crippen molar-refractivity contribution in [2.75, 3.05) is 6.54 Å². The van der Waals surface area contributed by atoms with Gasteiger partial charge in [-0.05, 0) is 39.8 Å². The van der Waals surface area contributed by atoms with Crippen LogP contribution in [0.4, 0.5) is 0 Å². The summed E-state index contributed by atoms with van der Waals surface area (Å²) in [6.45, 7) is 12.1. The van der Waals surface area contributed by atoms with Crippen LogP contribution in [0.5, 0.6) is 0 Å². The van der Waals surface area contributed by atoms with Gasteiger partial charge in [0, 0.05) is 24.2 Å². The lowest BCUT2D eigenvalue weighted by Gasteiger charge is -2.24.